The number of esters is 1. The monoisotopic (exact) mass is 314 g/mol. The molecule has 1 aliphatic rings. The van der Waals surface area contributed by atoms with Crippen LogP contribution in [0.1, 0.15) is 19.8 Å². The van der Waals surface area contributed by atoms with Crippen LogP contribution >= 0.6 is 0 Å². The minimum atomic E-state index is -0.365. The van der Waals surface area contributed by atoms with E-state index in [1.165, 1.54) is 34.6 Å². The van der Waals surface area contributed by atoms with E-state index in [9.17, 15) is 4.79 Å². The van der Waals surface area contributed by atoms with Crippen LogP contribution in [0.4, 0.5) is 0 Å². The Balaban J connectivity index is 0.00000176. The lowest BCUT2D eigenvalue weighted by molar-refractivity contribution is -0.129. The molecule has 116 valence electrons. The van der Waals surface area contributed by atoms with Crippen LogP contribution in [0.15, 0.2) is 53.4 Å². The van der Waals surface area contributed by atoms with Crippen molar-refractivity contribution in [2.45, 2.75) is 24.7 Å². The number of benzene rings is 2. The first-order valence-corrected chi connectivity index (χ1v) is 8.80. The predicted octanol–water partition coefficient (Wildman–Crippen LogP) is 4.54. The molecule has 2 aromatic carbocycles. The number of hydrogen-bond acceptors (Lipinski definition) is 2. The first-order chi connectivity index (χ1) is 10.2. The molecule has 0 aromatic heterocycles. The first kappa shape index (κ1) is 16.6. The molecule has 0 N–H and O–H groups in total. The van der Waals surface area contributed by atoms with Crippen molar-refractivity contribution in [3.63, 3.8) is 0 Å². The third-order valence-electron chi connectivity index (χ3n) is 3.74. The molecule has 0 aliphatic carbocycles. The van der Waals surface area contributed by atoms with Crippen LogP contribution in [0.25, 0.3) is 10.8 Å². The number of rotatable bonds is 3. The summed E-state index contributed by atoms with van der Waals surface area (Å²) in [5.41, 5.74) is 0.417. The summed E-state index contributed by atoms with van der Waals surface area (Å²) in [6, 6.07) is 12.3. The standard InChI is InChI=1S/C18H19O2S.CH3/c1-13(2)18(19)20-16-9-10-17(21-11-5-6-12-21)15-8-4-3-7-14(15)16;/h3-4,7-10H,1,5-6,11-12H2,2H3;1H3/q+1;-1. The zero-order chi connectivity index (χ0) is 14.8. The highest BCUT2D eigenvalue weighted by molar-refractivity contribution is 7.97. The van der Waals surface area contributed by atoms with E-state index in [1.807, 2.05) is 18.2 Å². The maximum absolute atomic E-state index is 11.8. The Labute approximate surface area is 135 Å². The molecule has 0 unspecified atom stereocenters. The van der Waals surface area contributed by atoms with Crippen LogP contribution in [-0.2, 0) is 15.7 Å². The van der Waals surface area contributed by atoms with Crippen LogP contribution in [0.2, 0.25) is 0 Å². The van der Waals surface area contributed by atoms with Crippen molar-refractivity contribution in [1.82, 2.24) is 0 Å². The van der Waals surface area contributed by atoms with Crippen molar-refractivity contribution in [2.75, 3.05) is 11.5 Å². The fourth-order valence-electron chi connectivity index (χ4n) is 2.65. The number of ether oxygens (including phenoxy) is 1. The molecule has 0 amide bonds. The molecule has 0 saturated carbocycles. The molecule has 0 atom stereocenters. The van der Waals surface area contributed by atoms with Crippen molar-refractivity contribution in [2.24, 2.45) is 0 Å². The van der Waals surface area contributed by atoms with E-state index >= 15 is 0 Å². The Bertz CT molecular complexity index is 700. The zero-order valence-electron chi connectivity index (χ0n) is 13.2. The molecule has 1 fully saturated rings. The number of carbonyl (C=O) groups is 1. The predicted molar refractivity (Wildman–Crippen MR) is 95.4 cm³/mol. The summed E-state index contributed by atoms with van der Waals surface area (Å²) < 4.78 is 5.47. The van der Waals surface area contributed by atoms with Gasteiger partial charge in [-0.1, -0.05) is 24.8 Å². The van der Waals surface area contributed by atoms with Gasteiger partial charge in [0.1, 0.15) is 17.3 Å². The van der Waals surface area contributed by atoms with E-state index in [0.717, 1.165) is 5.39 Å². The van der Waals surface area contributed by atoms with E-state index in [1.54, 1.807) is 6.92 Å². The smallest absolute Gasteiger partial charge is 0.338 e. The highest BCUT2D eigenvalue weighted by Gasteiger charge is 2.29. The highest BCUT2D eigenvalue weighted by Crippen LogP contribution is 2.34. The SMILES string of the molecule is C=C(C)C(=O)Oc1ccc([S+]2CCCC2)c2ccccc12.[CH3-]. The van der Waals surface area contributed by atoms with Gasteiger partial charge in [-0.15, -0.1) is 0 Å². The quantitative estimate of drug-likeness (QED) is 0.273. The second-order valence-electron chi connectivity index (χ2n) is 5.39. The molecule has 1 heterocycles. The van der Waals surface area contributed by atoms with Gasteiger partial charge in [-0.2, -0.15) is 0 Å². The fraction of sp³-hybridized carbons (Fsp3) is 0.263. The average molecular weight is 314 g/mol. The number of carbonyl (C=O) groups excluding carboxylic acids is 1. The van der Waals surface area contributed by atoms with Gasteiger partial charge in [0, 0.05) is 27.2 Å². The van der Waals surface area contributed by atoms with E-state index in [2.05, 4.69) is 24.8 Å². The van der Waals surface area contributed by atoms with Gasteiger partial charge < -0.3 is 12.2 Å². The molecule has 2 nitrogen and oxygen atoms in total. The lowest BCUT2D eigenvalue weighted by Gasteiger charge is -2.10. The lowest BCUT2D eigenvalue weighted by atomic mass is 10.1. The van der Waals surface area contributed by atoms with Gasteiger partial charge in [0.25, 0.3) is 0 Å². The Morgan fingerprint density at radius 1 is 1.09 bits per heavy atom. The highest BCUT2D eigenvalue weighted by atomic mass is 32.2. The summed E-state index contributed by atoms with van der Waals surface area (Å²) in [5.74, 6) is 2.84. The molecule has 3 heteroatoms. The molecular formula is C19H22O2S. The molecule has 0 radical (unpaired) electrons. The zero-order valence-corrected chi connectivity index (χ0v) is 14.0. The molecule has 1 aliphatic heterocycles. The molecule has 2 aromatic rings. The first-order valence-electron chi connectivity index (χ1n) is 7.24. The summed E-state index contributed by atoms with van der Waals surface area (Å²) in [7, 11) is 0.347. The summed E-state index contributed by atoms with van der Waals surface area (Å²) in [5, 5.41) is 2.23. The Morgan fingerprint density at radius 3 is 2.36 bits per heavy atom. The maximum atomic E-state index is 11.8. The molecule has 0 spiro atoms. The van der Waals surface area contributed by atoms with E-state index < -0.39 is 0 Å². The van der Waals surface area contributed by atoms with Crippen LogP contribution in [0.5, 0.6) is 5.75 Å². The molecule has 3 rings (SSSR count). The van der Waals surface area contributed by atoms with Gasteiger partial charge in [0.15, 0.2) is 4.90 Å². The number of hydrogen-bond donors (Lipinski definition) is 0. The normalized spacial score (nSPS) is 14.6. The Kier molecular flexibility index (Phi) is 5.30. The third-order valence-corrected chi connectivity index (χ3v) is 6.28. The van der Waals surface area contributed by atoms with Gasteiger partial charge in [-0.25, -0.2) is 4.79 Å². The fourth-order valence-corrected chi connectivity index (χ4v) is 5.14. The van der Waals surface area contributed by atoms with Gasteiger partial charge in [0.05, 0.1) is 0 Å². The second-order valence-corrected chi connectivity index (χ2v) is 7.63. The van der Waals surface area contributed by atoms with Crippen LogP contribution < -0.4 is 4.74 Å². The molecule has 0 bridgehead atoms. The largest absolute Gasteiger partial charge is 0.423 e. The van der Waals surface area contributed by atoms with Gasteiger partial charge in [-0.05, 0) is 38.0 Å². The van der Waals surface area contributed by atoms with Gasteiger partial charge >= 0.3 is 5.97 Å². The molecule has 22 heavy (non-hydrogen) atoms. The summed E-state index contributed by atoms with van der Waals surface area (Å²) in [6.45, 7) is 5.30. The summed E-state index contributed by atoms with van der Waals surface area (Å²) >= 11 is 0. The molecule has 1 saturated heterocycles. The van der Waals surface area contributed by atoms with E-state index in [4.69, 9.17) is 4.74 Å². The second kappa shape index (κ2) is 7.01. The lowest BCUT2D eigenvalue weighted by Crippen LogP contribution is -2.09. The summed E-state index contributed by atoms with van der Waals surface area (Å²) in [6.07, 6.45) is 2.65. The Morgan fingerprint density at radius 2 is 1.73 bits per heavy atom. The van der Waals surface area contributed by atoms with Crippen molar-refractivity contribution >= 4 is 27.6 Å². The van der Waals surface area contributed by atoms with Crippen LogP contribution in [-0.4, -0.2) is 17.5 Å². The van der Waals surface area contributed by atoms with E-state index in [-0.39, 0.29) is 13.4 Å². The third kappa shape index (κ3) is 3.20. The summed E-state index contributed by atoms with van der Waals surface area (Å²) in [4.78, 5) is 13.2. The van der Waals surface area contributed by atoms with Crippen LogP contribution in [0.3, 0.4) is 0 Å². The minimum Gasteiger partial charge on any atom is -0.423 e. The van der Waals surface area contributed by atoms with Crippen LogP contribution in [0, 0.1) is 7.43 Å². The maximum Gasteiger partial charge on any atom is 0.338 e. The van der Waals surface area contributed by atoms with E-state index in [0.29, 0.717) is 22.2 Å². The van der Waals surface area contributed by atoms with Crippen molar-refractivity contribution in [3.05, 3.63) is 56.0 Å². The van der Waals surface area contributed by atoms with Crippen molar-refractivity contribution in [1.29, 1.82) is 0 Å². The van der Waals surface area contributed by atoms with Crippen molar-refractivity contribution < 1.29 is 9.53 Å². The minimum absolute atomic E-state index is 0. The topological polar surface area (TPSA) is 26.3 Å². The Hall–Kier alpha value is -1.74. The van der Waals surface area contributed by atoms with Gasteiger partial charge in [-0.3, -0.25) is 0 Å². The van der Waals surface area contributed by atoms with Gasteiger partial charge in [0.2, 0.25) is 0 Å². The molecular weight excluding hydrogens is 292 g/mol. The van der Waals surface area contributed by atoms with Crippen molar-refractivity contribution in [3.8, 4) is 5.75 Å². The number of fused-ring (bicyclic) bond motifs is 1. The average Bonchev–Trinajstić information content (AvgIpc) is 3.01.